The number of nitrogens with zero attached hydrogens (tertiary/aromatic N) is 2. The molecule has 0 spiro atoms. The molecule has 128 valence electrons. The number of sulfonamides is 1. The first kappa shape index (κ1) is 17.9. The van der Waals surface area contributed by atoms with Crippen molar-refractivity contribution in [3.05, 3.63) is 32.3 Å². The summed E-state index contributed by atoms with van der Waals surface area (Å²) in [6, 6.07) is 1.07. The molecule has 0 aliphatic carbocycles. The number of alkyl halides is 3. The largest absolute Gasteiger partial charge is 0.418 e. The lowest BCUT2D eigenvalue weighted by molar-refractivity contribution is -0.384. The Bertz CT molecular complexity index is 748. The molecule has 0 amide bonds. The van der Waals surface area contributed by atoms with Gasteiger partial charge in [0.05, 0.1) is 22.8 Å². The molecule has 7 nitrogen and oxygen atoms in total. The van der Waals surface area contributed by atoms with Crippen molar-refractivity contribution in [1.82, 2.24) is 4.31 Å². The van der Waals surface area contributed by atoms with Gasteiger partial charge in [-0.15, -0.1) is 0 Å². The number of rotatable bonds is 4. The minimum absolute atomic E-state index is 0.0522. The van der Waals surface area contributed by atoms with Crippen LogP contribution in [0, 0.1) is 10.1 Å². The molecule has 0 bridgehead atoms. The summed E-state index contributed by atoms with van der Waals surface area (Å²) in [4.78, 5) is 10.1. The Hall–Kier alpha value is -1.40. The number of halogens is 4. The summed E-state index contributed by atoms with van der Waals surface area (Å²) in [7, 11) is -3.43. The molecule has 0 saturated carbocycles. The number of benzene rings is 1. The number of nitrogens with one attached hydrogen (secondary N) is 1. The van der Waals surface area contributed by atoms with E-state index in [1.807, 2.05) is 0 Å². The second-order valence-corrected chi connectivity index (χ2v) is 7.92. The maximum Gasteiger partial charge on any atom is 0.418 e. The molecule has 1 heterocycles. The lowest BCUT2D eigenvalue weighted by atomic mass is 10.1. The van der Waals surface area contributed by atoms with Crippen LogP contribution in [0.1, 0.15) is 5.56 Å². The Morgan fingerprint density at radius 3 is 2.39 bits per heavy atom. The third-order valence-corrected chi connectivity index (χ3v) is 4.94. The summed E-state index contributed by atoms with van der Waals surface area (Å²) in [6.45, 7) is -0.104. The number of nitro benzene ring substituents is 1. The monoisotopic (exact) mass is 417 g/mol. The molecular formula is C11H11BrF3N3O4S. The first-order valence-electron chi connectivity index (χ1n) is 6.16. The normalized spacial score (nSPS) is 16.9. The molecule has 0 atom stereocenters. The molecule has 23 heavy (non-hydrogen) atoms. The van der Waals surface area contributed by atoms with Crippen molar-refractivity contribution in [3.63, 3.8) is 0 Å². The zero-order chi connectivity index (χ0) is 17.6. The van der Waals surface area contributed by atoms with Crippen LogP contribution >= 0.6 is 15.9 Å². The van der Waals surface area contributed by atoms with E-state index >= 15 is 0 Å². The molecule has 1 aromatic rings. The van der Waals surface area contributed by atoms with Gasteiger partial charge in [0.2, 0.25) is 10.0 Å². The van der Waals surface area contributed by atoms with Crippen molar-refractivity contribution in [1.29, 1.82) is 0 Å². The van der Waals surface area contributed by atoms with Crippen molar-refractivity contribution in [2.75, 3.05) is 24.7 Å². The van der Waals surface area contributed by atoms with E-state index in [2.05, 4.69) is 21.2 Å². The smallest absolute Gasteiger partial charge is 0.374 e. The minimum Gasteiger partial charge on any atom is -0.374 e. The highest BCUT2D eigenvalue weighted by atomic mass is 79.9. The molecule has 1 aliphatic rings. The van der Waals surface area contributed by atoms with Crippen LogP contribution < -0.4 is 5.32 Å². The maximum atomic E-state index is 13.1. The fourth-order valence-electron chi connectivity index (χ4n) is 2.12. The zero-order valence-corrected chi connectivity index (χ0v) is 14.0. The highest BCUT2D eigenvalue weighted by molar-refractivity contribution is 9.10. The average Bonchev–Trinajstić information content (AvgIpc) is 2.30. The highest BCUT2D eigenvalue weighted by Gasteiger charge is 2.40. The van der Waals surface area contributed by atoms with Gasteiger partial charge >= 0.3 is 6.18 Å². The van der Waals surface area contributed by atoms with Gasteiger partial charge in [-0.05, 0) is 6.07 Å². The van der Waals surface area contributed by atoms with Crippen molar-refractivity contribution >= 4 is 37.3 Å². The quantitative estimate of drug-likeness (QED) is 0.599. The summed E-state index contributed by atoms with van der Waals surface area (Å²) >= 11 is 2.82. The summed E-state index contributed by atoms with van der Waals surface area (Å²) in [5, 5.41) is 13.5. The highest BCUT2D eigenvalue weighted by Crippen LogP contribution is 2.42. The van der Waals surface area contributed by atoms with Crippen LogP contribution in [-0.2, 0) is 16.2 Å². The van der Waals surface area contributed by atoms with Gasteiger partial charge < -0.3 is 5.32 Å². The first-order valence-corrected chi connectivity index (χ1v) is 8.80. The van der Waals surface area contributed by atoms with Gasteiger partial charge in [-0.25, -0.2) is 8.42 Å². The maximum absolute atomic E-state index is 13.1. The molecule has 1 aliphatic heterocycles. The van der Waals surface area contributed by atoms with E-state index in [0.717, 1.165) is 22.7 Å². The average molecular weight is 418 g/mol. The molecular weight excluding hydrogens is 407 g/mol. The summed E-state index contributed by atoms with van der Waals surface area (Å²) < 4.78 is 62.9. The van der Waals surface area contributed by atoms with Crippen molar-refractivity contribution < 1.29 is 26.5 Å². The minimum atomic E-state index is -4.79. The Morgan fingerprint density at radius 1 is 1.39 bits per heavy atom. The Labute approximate surface area is 137 Å². The molecule has 0 unspecified atom stereocenters. The second kappa shape index (κ2) is 5.91. The molecule has 12 heteroatoms. The molecule has 0 radical (unpaired) electrons. The topological polar surface area (TPSA) is 92.6 Å². The molecule has 1 saturated heterocycles. The van der Waals surface area contributed by atoms with Crippen molar-refractivity contribution in [2.45, 2.75) is 12.2 Å². The molecule has 2 rings (SSSR count). The van der Waals surface area contributed by atoms with Crippen LogP contribution in [-0.4, -0.2) is 43.0 Å². The number of hydrogen-bond donors (Lipinski definition) is 1. The predicted octanol–water partition coefficient (Wildman–Crippen LogP) is 2.43. The molecule has 1 fully saturated rings. The van der Waals surface area contributed by atoms with Crippen LogP contribution in [0.3, 0.4) is 0 Å². The van der Waals surface area contributed by atoms with Gasteiger partial charge in [0.25, 0.3) is 5.69 Å². The first-order chi connectivity index (χ1) is 10.4. The lowest BCUT2D eigenvalue weighted by Gasteiger charge is -2.38. The lowest BCUT2D eigenvalue weighted by Crippen LogP contribution is -2.56. The van der Waals surface area contributed by atoms with E-state index in [4.69, 9.17) is 0 Å². The molecule has 1 N–H and O–H groups in total. The molecule has 1 aromatic carbocycles. The van der Waals surface area contributed by atoms with E-state index in [1.54, 1.807) is 0 Å². The van der Waals surface area contributed by atoms with Gasteiger partial charge in [-0.2, -0.15) is 17.5 Å². The fourth-order valence-corrected chi connectivity index (χ4v) is 3.46. The van der Waals surface area contributed by atoms with E-state index in [9.17, 15) is 31.7 Å². The van der Waals surface area contributed by atoms with Gasteiger partial charge in [-0.1, -0.05) is 15.9 Å². The standard InChI is InChI=1S/C11H11BrF3N3O4S/c1-23(21,22)17-4-7(5-17)16-10-8(11(13,14)15)2-6(12)3-9(10)18(19)20/h2-3,7,16H,4-5H2,1H3. The third kappa shape index (κ3) is 3.93. The van der Waals surface area contributed by atoms with E-state index in [1.165, 1.54) is 0 Å². The van der Waals surface area contributed by atoms with Gasteiger partial charge in [0, 0.05) is 23.6 Å². The van der Waals surface area contributed by atoms with Crippen molar-refractivity contribution in [2.24, 2.45) is 0 Å². The Kier molecular flexibility index (Phi) is 4.61. The van der Waals surface area contributed by atoms with Gasteiger partial charge in [0.1, 0.15) is 5.69 Å². The Morgan fingerprint density at radius 2 is 1.96 bits per heavy atom. The number of hydrogen-bond acceptors (Lipinski definition) is 5. The summed E-state index contributed by atoms with van der Waals surface area (Å²) in [6.07, 6.45) is -3.82. The second-order valence-electron chi connectivity index (χ2n) is 5.02. The van der Waals surface area contributed by atoms with E-state index < -0.39 is 44.1 Å². The van der Waals surface area contributed by atoms with Gasteiger partial charge in [0.15, 0.2) is 0 Å². The van der Waals surface area contributed by atoms with Crippen molar-refractivity contribution in [3.8, 4) is 0 Å². The van der Waals surface area contributed by atoms with Crippen LogP contribution in [0.15, 0.2) is 16.6 Å². The van der Waals surface area contributed by atoms with Crippen LogP contribution in [0.2, 0.25) is 0 Å². The van der Waals surface area contributed by atoms with E-state index in [0.29, 0.717) is 0 Å². The zero-order valence-electron chi connectivity index (χ0n) is 11.6. The van der Waals surface area contributed by atoms with Gasteiger partial charge in [-0.3, -0.25) is 10.1 Å². The van der Waals surface area contributed by atoms with E-state index in [-0.39, 0.29) is 17.6 Å². The number of nitro groups is 1. The Balaban J connectivity index is 2.36. The number of anilines is 1. The van der Waals surface area contributed by atoms with Crippen LogP contribution in [0.5, 0.6) is 0 Å². The summed E-state index contributed by atoms with van der Waals surface area (Å²) in [5.41, 5.74) is -2.58. The fraction of sp³-hybridized carbons (Fsp3) is 0.455. The summed E-state index contributed by atoms with van der Waals surface area (Å²) in [5.74, 6) is 0. The SMILES string of the molecule is CS(=O)(=O)N1CC(Nc2c([N+](=O)[O-])cc(Br)cc2C(F)(F)F)C1. The predicted molar refractivity (Wildman–Crippen MR) is 79.6 cm³/mol. The molecule has 0 aromatic heterocycles. The third-order valence-electron chi connectivity index (χ3n) is 3.25. The van der Waals surface area contributed by atoms with Crippen LogP contribution in [0.25, 0.3) is 0 Å². The van der Waals surface area contributed by atoms with Crippen LogP contribution in [0.4, 0.5) is 24.5 Å².